The van der Waals surface area contributed by atoms with Gasteiger partial charge in [0.1, 0.15) is 0 Å². The van der Waals surface area contributed by atoms with Crippen LogP contribution in [-0.4, -0.2) is 59.6 Å². The van der Waals surface area contributed by atoms with E-state index < -0.39 is 5.97 Å². The van der Waals surface area contributed by atoms with Gasteiger partial charge in [-0.25, -0.2) is 4.79 Å². The first-order chi connectivity index (χ1) is 8.16. The lowest BCUT2D eigenvalue weighted by atomic mass is 10.2. The van der Waals surface area contributed by atoms with Crippen LogP contribution < -0.4 is 0 Å². The third kappa shape index (κ3) is 3.30. The maximum Gasteiger partial charge on any atom is 0.330 e. The zero-order valence-corrected chi connectivity index (χ0v) is 10.6. The second kappa shape index (κ2) is 5.65. The van der Waals surface area contributed by atoms with Gasteiger partial charge in [0.2, 0.25) is 0 Å². The van der Waals surface area contributed by atoms with Crippen LogP contribution in [0.25, 0.3) is 0 Å². The number of carbonyl (C=O) groups is 1. The van der Waals surface area contributed by atoms with Gasteiger partial charge in [0.25, 0.3) is 0 Å². The molecular weight excluding hydrogens is 216 g/mol. The van der Waals surface area contributed by atoms with E-state index in [1.54, 1.807) is 6.92 Å². The third-order valence-corrected chi connectivity index (χ3v) is 3.90. The number of aliphatic carboxylic acids is 1. The minimum absolute atomic E-state index is 0.453. The van der Waals surface area contributed by atoms with Gasteiger partial charge in [0.05, 0.1) is 0 Å². The fourth-order valence-electron chi connectivity index (χ4n) is 2.74. The summed E-state index contributed by atoms with van der Waals surface area (Å²) < 4.78 is 0. The normalized spacial score (nSPS) is 27.8. The second-order valence-corrected chi connectivity index (χ2v) is 5.14. The molecule has 0 bridgehead atoms. The van der Waals surface area contributed by atoms with Crippen molar-refractivity contribution < 1.29 is 9.90 Å². The molecule has 0 amide bonds. The minimum atomic E-state index is -0.805. The van der Waals surface area contributed by atoms with Crippen LogP contribution in [0.4, 0.5) is 0 Å². The third-order valence-electron chi connectivity index (χ3n) is 3.90. The van der Waals surface area contributed by atoms with Crippen molar-refractivity contribution in [3.63, 3.8) is 0 Å². The van der Waals surface area contributed by atoms with Crippen LogP contribution >= 0.6 is 0 Å². The maximum atomic E-state index is 10.7. The molecule has 1 N–H and O–H groups in total. The number of rotatable bonds is 4. The Bertz CT molecular complexity index is 309. The molecule has 1 unspecified atom stereocenters. The predicted molar refractivity (Wildman–Crippen MR) is 67.0 cm³/mol. The SMILES string of the molecule is CC(=CCN1CCC(N2CCCC2)C1)C(=O)O. The van der Waals surface area contributed by atoms with Crippen LogP contribution in [-0.2, 0) is 4.79 Å². The Morgan fingerprint density at radius 3 is 2.71 bits per heavy atom. The van der Waals surface area contributed by atoms with Crippen molar-refractivity contribution in [1.29, 1.82) is 0 Å². The van der Waals surface area contributed by atoms with Crippen molar-refractivity contribution in [2.75, 3.05) is 32.7 Å². The first-order valence-corrected chi connectivity index (χ1v) is 6.53. The number of carboxylic acids is 1. The molecule has 0 radical (unpaired) electrons. The Morgan fingerprint density at radius 1 is 1.35 bits per heavy atom. The van der Waals surface area contributed by atoms with Crippen LogP contribution in [0.2, 0.25) is 0 Å². The molecule has 0 aliphatic carbocycles. The summed E-state index contributed by atoms with van der Waals surface area (Å²) in [5, 5.41) is 8.79. The van der Waals surface area contributed by atoms with Gasteiger partial charge in [-0.3, -0.25) is 9.80 Å². The molecule has 0 aromatic heterocycles. The Balaban J connectivity index is 1.78. The molecule has 2 aliphatic rings. The molecule has 2 fully saturated rings. The van der Waals surface area contributed by atoms with E-state index >= 15 is 0 Å². The van der Waals surface area contributed by atoms with Gasteiger partial charge in [0.15, 0.2) is 0 Å². The summed E-state index contributed by atoms with van der Waals surface area (Å²) in [5.74, 6) is -0.805. The van der Waals surface area contributed by atoms with Gasteiger partial charge in [-0.1, -0.05) is 6.08 Å². The van der Waals surface area contributed by atoms with Crippen molar-refractivity contribution in [2.45, 2.75) is 32.2 Å². The minimum Gasteiger partial charge on any atom is -0.478 e. The van der Waals surface area contributed by atoms with Crippen molar-refractivity contribution in [3.05, 3.63) is 11.6 Å². The molecule has 0 aromatic carbocycles. The summed E-state index contributed by atoms with van der Waals surface area (Å²) >= 11 is 0. The largest absolute Gasteiger partial charge is 0.478 e. The van der Waals surface area contributed by atoms with E-state index in [-0.39, 0.29) is 0 Å². The van der Waals surface area contributed by atoms with Gasteiger partial charge in [0, 0.05) is 31.2 Å². The van der Waals surface area contributed by atoms with Gasteiger partial charge in [-0.2, -0.15) is 0 Å². The van der Waals surface area contributed by atoms with Gasteiger partial charge >= 0.3 is 5.97 Å². The zero-order valence-electron chi connectivity index (χ0n) is 10.6. The molecule has 2 aliphatic heterocycles. The Hall–Kier alpha value is -0.870. The highest BCUT2D eigenvalue weighted by Gasteiger charge is 2.28. The lowest BCUT2D eigenvalue weighted by Crippen LogP contribution is -2.35. The molecule has 4 heteroatoms. The van der Waals surface area contributed by atoms with Gasteiger partial charge < -0.3 is 5.11 Å². The summed E-state index contributed by atoms with van der Waals surface area (Å²) in [6.45, 7) is 7.15. The van der Waals surface area contributed by atoms with Crippen molar-refractivity contribution >= 4 is 5.97 Å². The molecule has 1 atom stereocenters. The smallest absolute Gasteiger partial charge is 0.330 e. The number of nitrogens with zero attached hydrogens (tertiary/aromatic N) is 2. The van der Waals surface area contributed by atoms with E-state index in [9.17, 15) is 4.79 Å². The first kappa shape index (κ1) is 12.6. The lowest BCUT2D eigenvalue weighted by Gasteiger charge is -2.23. The molecule has 96 valence electrons. The number of hydrogen-bond acceptors (Lipinski definition) is 3. The molecule has 2 saturated heterocycles. The molecular formula is C13H22N2O2. The number of likely N-dealkylation sites (tertiary alicyclic amines) is 2. The fraction of sp³-hybridized carbons (Fsp3) is 0.769. The summed E-state index contributed by atoms with van der Waals surface area (Å²) in [7, 11) is 0. The van der Waals surface area contributed by atoms with E-state index in [0.29, 0.717) is 11.6 Å². The highest BCUT2D eigenvalue weighted by Crippen LogP contribution is 2.20. The van der Waals surface area contributed by atoms with E-state index in [1.807, 2.05) is 6.08 Å². The Labute approximate surface area is 103 Å². The first-order valence-electron chi connectivity index (χ1n) is 6.53. The van der Waals surface area contributed by atoms with E-state index in [0.717, 1.165) is 19.6 Å². The maximum absolute atomic E-state index is 10.7. The van der Waals surface area contributed by atoms with Crippen LogP contribution in [0.5, 0.6) is 0 Å². The average molecular weight is 238 g/mol. The molecule has 0 aromatic rings. The van der Waals surface area contributed by atoms with Crippen LogP contribution in [0, 0.1) is 0 Å². The monoisotopic (exact) mass is 238 g/mol. The average Bonchev–Trinajstić information content (AvgIpc) is 2.95. The highest BCUT2D eigenvalue weighted by molar-refractivity contribution is 5.85. The van der Waals surface area contributed by atoms with Crippen molar-refractivity contribution in [2.24, 2.45) is 0 Å². The summed E-state index contributed by atoms with van der Waals surface area (Å²) in [4.78, 5) is 15.6. The second-order valence-electron chi connectivity index (χ2n) is 5.14. The Kier molecular flexibility index (Phi) is 4.18. The molecule has 0 spiro atoms. The van der Waals surface area contributed by atoms with Crippen molar-refractivity contribution in [1.82, 2.24) is 9.80 Å². The van der Waals surface area contributed by atoms with E-state index in [4.69, 9.17) is 5.11 Å². The number of hydrogen-bond donors (Lipinski definition) is 1. The van der Waals surface area contributed by atoms with Gasteiger partial charge in [-0.05, 0) is 39.3 Å². The standard InChI is InChI=1S/C13H22N2O2/c1-11(13(16)17)4-8-14-9-5-12(10-14)15-6-2-3-7-15/h4,12H,2-3,5-10H2,1H3,(H,16,17). The van der Waals surface area contributed by atoms with Gasteiger partial charge in [-0.15, -0.1) is 0 Å². The van der Waals surface area contributed by atoms with E-state index in [2.05, 4.69) is 9.80 Å². The van der Waals surface area contributed by atoms with Crippen LogP contribution in [0.15, 0.2) is 11.6 Å². The van der Waals surface area contributed by atoms with Crippen LogP contribution in [0.1, 0.15) is 26.2 Å². The topological polar surface area (TPSA) is 43.8 Å². The molecule has 2 rings (SSSR count). The quantitative estimate of drug-likeness (QED) is 0.747. The van der Waals surface area contributed by atoms with E-state index in [1.165, 1.54) is 32.4 Å². The predicted octanol–water partition coefficient (Wildman–Crippen LogP) is 1.19. The Morgan fingerprint density at radius 2 is 2.06 bits per heavy atom. The van der Waals surface area contributed by atoms with Crippen molar-refractivity contribution in [3.8, 4) is 0 Å². The summed E-state index contributed by atoms with van der Waals surface area (Å²) in [6, 6.07) is 0.705. The number of carboxylic acid groups (broad SMARTS) is 1. The molecule has 17 heavy (non-hydrogen) atoms. The molecule has 4 nitrogen and oxygen atoms in total. The van der Waals surface area contributed by atoms with Crippen LogP contribution in [0.3, 0.4) is 0 Å². The zero-order chi connectivity index (χ0) is 12.3. The fourth-order valence-corrected chi connectivity index (χ4v) is 2.74. The summed E-state index contributed by atoms with van der Waals surface area (Å²) in [6.07, 6.45) is 5.75. The molecule has 2 heterocycles. The summed E-state index contributed by atoms with van der Waals surface area (Å²) in [5.41, 5.74) is 0.453. The highest BCUT2D eigenvalue weighted by atomic mass is 16.4. The molecule has 0 saturated carbocycles. The lowest BCUT2D eigenvalue weighted by molar-refractivity contribution is -0.132.